The highest BCUT2D eigenvalue weighted by atomic mass is 35.5. The molecule has 1 atom stereocenters. The van der Waals surface area contributed by atoms with Gasteiger partial charge >= 0.3 is 0 Å². The maximum Gasteiger partial charge on any atom is 0.163 e. The minimum Gasteiger partial charge on any atom is -0.493 e. The van der Waals surface area contributed by atoms with E-state index in [0.717, 1.165) is 0 Å². The van der Waals surface area contributed by atoms with E-state index in [2.05, 4.69) is 0 Å². The lowest BCUT2D eigenvalue weighted by Crippen LogP contribution is -2.03. The molecule has 2 aromatic rings. The average molecular weight is 303 g/mol. The van der Waals surface area contributed by atoms with E-state index in [4.69, 9.17) is 21.1 Å². The Hall–Kier alpha value is -1.30. The number of hydrogen-bond acceptors (Lipinski definition) is 4. The van der Waals surface area contributed by atoms with Crippen molar-refractivity contribution in [3.63, 3.8) is 0 Å². The van der Waals surface area contributed by atoms with Gasteiger partial charge in [0.2, 0.25) is 0 Å². The molecule has 0 bridgehead atoms. The van der Waals surface area contributed by atoms with Crippen molar-refractivity contribution in [2.75, 3.05) is 14.2 Å². The molecule has 0 fully saturated rings. The van der Waals surface area contributed by atoms with Crippen LogP contribution in [0.1, 0.15) is 16.5 Å². The summed E-state index contributed by atoms with van der Waals surface area (Å²) < 4.78 is 24.1. The summed E-state index contributed by atoms with van der Waals surface area (Å²) in [4.78, 5) is 0.493. The second-order valence-electron chi connectivity index (χ2n) is 3.76. The zero-order chi connectivity index (χ0) is 14.0. The zero-order valence-electron chi connectivity index (χ0n) is 10.3. The molecule has 0 saturated heterocycles. The van der Waals surface area contributed by atoms with Crippen LogP contribution in [0.25, 0.3) is 0 Å². The van der Waals surface area contributed by atoms with Gasteiger partial charge in [0.1, 0.15) is 11.9 Å². The van der Waals surface area contributed by atoms with E-state index in [0.29, 0.717) is 15.6 Å². The van der Waals surface area contributed by atoms with Crippen LogP contribution in [0.15, 0.2) is 23.6 Å². The highest BCUT2D eigenvalue weighted by Gasteiger charge is 2.21. The molecule has 3 nitrogen and oxygen atoms in total. The molecule has 1 aromatic heterocycles. The van der Waals surface area contributed by atoms with Crippen molar-refractivity contribution in [3.8, 4) is 11.5 Å². The minimum atomic E-state index is -1.13. The lowest BCUT2D eigenvalue weighted by molar-refractivity contribution is 0.217. The first-order valence-corrected chi connectivity index (χ1v) is 6.66. The van der Waals surface area contributed by atoms with Gasteiger partial charge in [-0.1, -0.05) is 11.6 Å². The fraction of sp³-hybridized carbons (Fsp3) is 0.231. The van der Waals surface area contributed by atoms with E-state index in [9.17, 15) is 9.50 Å². The van der Waals surface area contributed by atoms with Crippen LogP contribution in [0, 0.1) is 5.82 Å². The van der Waals surface area contributed by atoms with Crippen molar-refractivity contribution in [1.29, 1.82) is 0 Å². The predicted molar refractivity (Wildman–Crippen MR) is 72.9 cm³/mol. The zero-order valence-corrected chi connectivity index (χ0v) is 11.9. The smallest absolute Gasteiger partial charge is 0.163 e. The molecule has 2 rings (SSSR count). The molecule has 1 aromatic carbocycles. The third-order valence-corrected chi connectivity index (χ3v) is 4.10. The summed E-state index contributed by atoms with van der Waals surface area (Å²) in [6.45, 7) is 0. The second-order valence-corrected chi connectivity index (χ2v) is 5.12. The van der Waals surface area contributed by atoms with E-state index < -0.39 is 11.9 Å². The molecule has 1 N–H and O–H groups in total. The first-order chi connectivity index (χ1) is 9.08. The Kier molecular flexibility index (Phi) is 4.29. The first kappa shape index (κ1) is 14.1. The molecule has 0 spiro atoms. The summed E-state index contributed by atoms with van der Waals surface area (Å²) in [6.07, 6.45) is -1.13. The Labute approximate surface area is 119 Å². The van der Waals surface area contributed by atoms with Gasteiger partial charge in [0.25, 0.3) is 0 Å². The molecule has 0 aliphatic heterocycles. The van der Waals surface area contributed by atoms with Gasteiger partial charge in [-0.2, -0.15) is 0 Å². The second kappa shape index (κ2) is 5.77. The number of aliphatic hydroxyl groups is 1. The number of thiophene rings is 1. The van der Waals surface area contributed by atoms with E-state index in [1.54, 1.807) is 11.4 Å². The van der Waals surface area contributed by atoms with Gasteiger partial charge in [-0.15, -0.1) is 11.3 Å². The molecule has 0 aliphatic rings. The lowest BCUT2D eigenvalue weighted by Gasteiger charge is -2.14. The van der Waals surface area contributed by atoms with E-state index >= 15 is 0 Å². The van der Waals surface area contributed by atoms with Crippen LogP contribution in [-0.4, -0.2) is 19.3 Å². The third kappa shape index (κ3) is 2.68. The molecular formula is C13H12ClFO3S. The Balaban J connectivity index is 2.48. The van der Waals surface area contributed by atoms with Crippen LogP contribution in [-0.2, 0) is 0 Å². The number of halogens is 2. The van der Waals surface area contributed by atoms with Crippen LogP contribution in [0.4, 0.5) is 4.39 Å². The maximum atomic E-state index is 14.0. The van der Waals surface area contributed by atoms with Gasteiger partial charge < -0.3 is 14.6 Å². The summed E-state index contributed by atoms with van der Waals surface area (Å²) >= 11 is 7.21. The summed E-state index contributed by atoms with van der Waals surface area (Å²) in [5.74, 6) is 0.0495. The van der Waals surface area contributed by atoms with Crippen molar-refractivity contribution >= 4 is 22.9 Å². The van der Waals surface area contributed by atoms with Gasteiger partial charge in [-0.25, -0.2) is 4.39 Å². The van der Waals surface area contributed by atoms with Crippen LogP contribution in [0.5, 0.6) is 11.5 Å². The van der Waals surface area contributed by atoms with Crippen molar-refractivity contribution in [2.24, 2.45) is 0 Å². The normalized spacial score (nSPS) is 12.3. The highest BCUT2D eigenvalue weighted by Crippen LogP contribution is 2.38. The Morgan fingerprint density at radius 3 is 2.42 bits per heavy atom. The van der Waals surface area contributed by atoms with Gasteiger partial charge in [-0.05, 0) is 17.5 Å². The Morgan fingerprint density at radius 2 is 1.89 bits per heavy atom. The van der Waals surface area contributed by atoms with Crippen LogP contribution in [0.3, 0.4) is 0 Å². The fourth-order valence-corrected chi connectivity index (χ4v) is 2.88. The molecule has 0 radical (unpaired) electrons. The Bertz CT molecular complexity index is 585. The summed E-state index contributed by atoms with van der Waals surface area (Å²) in [5, 5.41) is 12.4. The van der Waals surface area contributed by atoms with Gasteiger partial charge in [0.05, 0.1) is 24.1 Å². The molecule has 19 heavy (non-hydrogen) atoms. The minimum absolute atomic E-state index is 0.0991. The van der Waals surface area contributed by atoms with Crippen molar-refractivity contribution in [3.05, 3.63) is 44.9 Å². The fourth-order valence-electron chi connectivity index (χ4n) is 1.72. The summed E-state index contributed by atoms with van der Waals surface area (Å²) in [7, 11) is 2.87. The maximum absolute atomic E-state index is 14.0. The Morgan fingerprint density at radius 1 is 1.26 bits per heavy atom. The van der Waals surface area contributed by atoms with E-state index in [1.807, 2.05) is 0 Å². The van der Waals surface area contributed by atoms with Gasteiger partial charge in [-0.3, -0.25) is 0 Å². The number of benzene rings is 1. The molecule has 0 amide bonds. The molecule has 0 aliphatic carbocycles. The average Bonchev–Trinajstić information content (AvgIpc) is 2.83. The van der Waals surface area contributed by atoms with Crippen LogP contribution >= 0.6 is 22.9 Å². The van der Waals surface area contributed by atoms with Crippen LogP contribution in [0.2, 0.25) is 5.02 Å². The lowest BCUT2D eigenvalue weighted by atomic mass is 10.1. The number of hydrogen-bond donors (Lipinski definition) is 1. The van der Waals surface area contributed by atoms with Gasteiger partial charge in [0.15, 0.2) is 11.5 Å². The number of rotatable bonds is 4. The predicted octanol–water partition coefficient (Wildman–Crippen LogP) is 3.64. The van der Waals surface area contributed by atoms with Crippen molar-refractivity contribution in [2.45, 2.75) is 6.10 Å². The standard InChI is InChI=1S/C13H12ClFO3S/c1-17-10-5-7(9(15)6-11(10)18-2)12(16)13-8(14)3-4-19-13/h3-6,12,16H,1-2H3. The van der Waals surface area contributed by atoms with Gasteiger partial charge in [0, 0.05) is 11.6 Å². The van der Waals surface area contributed by atoms with E-state index in [-0.39, 0.29) is 11.3 Å². The number of aliphatic hydroxyl groups excluding tert-OH is 1. The summed E-state index contributed by atoms with van der Waals surface area (Å²) in [5.41, 5.74) is 0.0991. The quantitative estimate of drug-likeness (QED) is 0.937. The number of ether oxygens (including phenoxy) is 2. The molecule has 1 unspecified atom stereocenters. The number of methoxy groups -OCH3 is 2. The van der Waals surface area contributed by atoms with Crippen molar-refractivity contribution < 1.29 is 19.0 Å². The monoisotopic (exact) mass is 302 g/mol. The molecular weight excluding hydrogens is 291 g/mol. The largest absolute Gasteiger partial charge is 0.493 e. The molecule has 0 saturated carbocycles. The molecule has 1 heterocycles. The van der Waals surface area contributed by atoms with Crippen LogP contribution < -0.4 is 9.47 Å². The SMILES string of the molecule is COc1cc(F)c(C(O)c2sccc2Cl)cc1OC. The van der Waals surface area contributed by atoms with E-state index in [1.165, 1.54) is 37.7 Å². The highest BCUT2D eigenvalue weighted by molar-refractivity contribution is 7.10. The topological polar surface area (TPSA) is 38.7 Å². The molecule has 6 heteroatoms. The van der Waals surface area contributed by atoms with Crippen molar-refractivity contribution in [1.82, 2.24) is 0 Å². The first-order valence-electron chi connectivity index (χ1n) is 5.40. The third-order valence-electron chi connectivity index (χ3n) is 2.69. The molecule has 102 valence electrons. The summed E-state index contributed by atoms with van der Waals surface area (Å²) in [6, 6.07) is 4.25.